The van der Waals surface area contributed by atoms with Crippen LogP contribution >= 0.6 is 0 Å². The van der Waals surface area contributed by atoms with E-state index in [1.165, 1.54) is 11.1 Å². The highest BCUT2D eigenvalue weighted by molar-refractivity contribution is 6.74. The Bertz CT molecular complexity index is 791. The molecule has 3 rings (SSSR count). The van der Waals surface area contributed by atoms with Gasteiger partial charge < -0.3 is 23.4 Å². The summed E-state index contributed by atoms with van der Waals surface area (Å²) in [4.78, 5) is 0. The Morgan fingerprint density at radius 1 is 1.00 bits per heavy atom. The molecule has 5 nitrogen and oxygen atoms in total. The van der Waals surface area contributed by atoms with Crippen molar-refractivity contribution in [3.05, 3.63) is 53.3 Å². The number of allylic oxidation sites excluding steroid dienone is 1. The summed E-state index contributed by atoms with van der Waals surface area (Å²) in [6, 6.07) is 7.97. The molecule has 0 saturated carbocycles. The summed E-state index contributed by atoms with van der Waals surface area (Å²) >= 11 is 0. The Labute approximate surface area is 188 Å². The van der Waals surface area contributed by atoms with Gasteiger partial charge in [-0.05, 0) is 53.4 Å². The molecule has 0 radical (unpaired) electrons. The summed E-state index contributed by atoms with van der Waals surface area (Å²) in [5, 5.41) is 0.190. The van der Waals surface area contributed by atoms with Crippen molar-refractivity contribution in [3.8, 4) is 5.75 Å². The van der Waals surface area contributed by atoms with E-state index >= 15 is 0 Å². The standard InChI is InChI=1S/C25H38O5Si/c1-25(2,3)31(6,7)30-17-19-10-13-22-20(16-29-24(27-5)23(19)22)15-28-14-18-8-11-21(26-4)12-9-18/h8-12,16,22-24H,13-15,17H2,1-7H3. The van der Waals surface area contributed by atoms with Gasteiger partial charge >= 0.3 is 0 Å². The molecule has 2 aliphatic rings. The van der Waals surface area contributed by atoms with Crippen molar-refractivity contribution in [1.29, 1.82) is 0 Å². The minimum Gasteiger partial charge on any atom is -0.497 e. The molecule has 1 aliphatic heterocycles. The number of fused-ring (bicyclic) bond motifs is 1. The Morgan fingerprint density at radius 2 is 1.71 bits per heavy atom. The third-order valence-electron chi connectivity index (χ3n) is 6.95. The number of ether oxygens (including phenoxy) is 4. The van der Waals surface area contributed by atoms with E-state index in [9.17, 15) is 0 Å². The minimum atomic E-state index is -1.81. The maximum Gasteiger partial charge on any atom is 0.205 e. The maximum atomic E-state index is 6.51. The van der Waals surface area contributed by atoms with Crippen LogP contribution in [-0.2, 0) is 25.2 Å². The Hall–Kier alpha value is -1.60. The Kier molecular flexibility index (Phi) is 7.68. The molecule has 0 amide bonds. The van der Waals surface area contributed by atoms with Gasteiger partial charge in [-0.2, -0.15) is 0 Å². The van der Waals surface area contributed by atoms with Crippen LogP contribution in [0.2, 0.25) is 18.1 Å². The van der Waals surface area contributed by atoms with E-state index in [0.29, 0.717) is 25.7 Å². The summed E-state index contributed by atoms with van der Waals surface area (Å²) in [5.74, 6) is 1.37. The van der Waals surface area contributed by atoms with Crippen molar-refractivity contribution in [3.63, 3.8) is 0 Å². The van der Waals surface area contributed by atoms with Crippen molar-refractivity contribution in [2.75, 3.05) is 27.4 Å². The highest BCUT2D eigenvalue weighted by Gasteiger charge is 2.43. The van der Waals surface area contributed by atoms with E-state index in [-0.39, 0.29) is 17.2 Å². The predicted molar refractivity (Wildman–Crippen MR) is 125 cm³/mol. The fraction of sp³-hybridized carbons (Fsp3) is 0.600. The molecule has 1 aromatic rings. The van der Waals surface area contributed by atoms with E-state index in [0.717, 1.165) is 17.7 Å². The molecular weight excluding hydrogens is 408 g/mol. The number of hydrogen-bond donors (Lipinski definition) is 0. The molecule has 3 atom stereocenters. The summed E-state index contributed by atoms with van der Waals surface area (Å²) < 4.78 is 29.4. The molecule has 1 aliphatic carbocycles. The first-order chi connectivity index (χ1) is 14.7. The van der Waals surface area contributed by atoms with Crippen molar-refractivity contribution in [2.45, 2.75) is 58.2 Å². The van der Waals surface area contributed by atoms with Crippen LogP contribution in [-0.4, -0.2) is 42.0 Å². The molecule has 0 N–H and O–H groups in total. The van der Waals surface area contributed by atoms with Crippen LogP contribution in [0.15, 0.2) is 47.7 Å². The summed E-state index contributed by atoms with van der Waals surface area (Å²) in [6.07, 6.45) is 4.86. The number of benzene rings is 1. The molecule has 3 unspecified atom stereocenters. The zero-order valence-electron chi connectivity index (χ0n) is 20.1. The van der Waals surface area contributed by atoms with Gasteiger partial charge in [-0.25, -0.2) is 0 Å². The molecule has 0 spiro atoms. The lowest BCUT2D eigenvalue weighted by Crippen LogP contribution is -2.42. The Morgan fingerprint density at radius 3 is 2.32 bits per heavy atom. The highest BCUT2D eigenvalue weighted by atomic mass is 28.4. The molecule has 1 aromatic carbocycles. The second-order valence-electron chi connectivity index (χ2n) is 9.97. The lowest BCUT2D eigenvalue weighted by molar-refractivity contribution is -0.131. The lowest BCUT2D eigenvalue weighted by Gasteiger charge is -2.38. The third kappa shape index (κ3) is 5.61. The SMILES string of the molecule is COc1ccc(COCC2=COC(OC)C3C(CO[Si](C)(C)C(C)(C)C)=CCC23)cc1. The van der Waals surface area contributed by atoms with Gasteiger partial charge in [0.1, 0.15) is 5.75 Å². The largest absolute Gasteiger partial charge is 0.497 e. The summed E-state index contributed by atoms with van der Waals surface area (Å²) in [6.45, 7) is 13.2. The van der Waals surface area contributed by atoms with Crippen LogP contribution in [0.25, 0.3) is 0 Å². The fourth-order valence-electron chi connectivity index (χ4n) is 3.88. The first kappa shape index (κ1) is 24.0. The maximum absolute atomic E-state index is 6.51. The zero-order chi connectivity index (χ0) is 22.6. The van der Waals surface area contributed by atoms with Gasteiger partial charge in [0.15, 0.2) is 8.32 Å². The molecule has 0 fully saturated rings. The quantitative estimate of drug-likeness (QED) is 0.361. The van der Waals surface area contributed by atoms with Gasteiger partial charge in [0.05, 0.1) is 39.1 Å². The number of rotatable bonds is 9. The molecule has 172 valence electrons. The topological polar surface area (TPSA) is 46.2 Å². The fourth-order valence-corrected chi connectivity index (χ4v) is 4.84. The molecule has 31 heavy (non-hydrogen) atoms. The third-order valence-corrected chi connectivity index (χ3v) is 11.4. The van der Waals surface area contributed by atoms with Gasteiger partial charge in [0, 0.05) is 13.0 Å². The van der Waals surface area contributed by atoms with E-state index in [1.54, 1.807) is 14.2 Å². The van der Waals surface area contributed by atoms with Gasteiger partial charge in [-0.1, -0.05) is 39.0 Å². The smallest absolute Gasteiger partial charge is 0.205 e. The van der Waals surface area contributed by atoms with Gasteiger partial charge in [-0.3, -0.25) is 0 Å². The molecule has 0 saturated heterocycles. The van der Waals surface area contributed by atoms with Crippen LogP contribution in [0.5, 0.6) is 5.75 Å². The van der Waals surface area contributed by atoms with Crippen molar-refractivity contribution in [1.82, 2.24) is 0 Å². The first-order valence-electron chi connectivity index (χ1n) is 11.1. The first-order valence-corrected chi connectivity index (χ1v) is 14.0. The average molecular weight is 447 g/mol. The monoisotopic (exact) mass is 446 g/mol. The predicted octanol–water partition coefficient (Wildman–Crippen LogP) is 5.68. The summed E-state index contributed by atoms with van der Waals surface area (Å²) in [5.41, 5.74) is 3.60. The zero-order valence-corrected chi connectivity index (χ0v) is 21.1. The van der Waals surface area contributed by atoms with E-state index < -0.39 is 8.32 Å². The van der Waals surface area contributed by atoms with E-state index in [2.05, 4.69) is 39.9 Å². The normalized spacial score (nSPS) is 23.6. The van der Waals surface area contributed by atoms with Crippen LogP contribution in [0.3, 0.4) is 0 Å². The van der Waals surface area contributed by atoms with Crippen LogP contribution in [0, 0.1) is 11.8 Å². The number of methoxy groups -OCH3 is 2. The van der Waals surface area contributed by atoms with Crippen LogP contribution < -0.4 is 4.74 Å². The molecule has 0 aromatic heterocycles. The number of hydrogen-bond acceptors (Lipinski definition) is 5. The summed E-state index contributed by atoms with van der Waals surface area (Å²) in [7, 11) is 1.57. The van der Waals surface area contributed by atoms with Crippen LogP contribution in [0.4, 0.5) is 0 Å². The van der Waals surface area contributed by atoms with Crippen LogP contribution in [0.1, 0.15) is 32.8 Å². The molecule has 0 bridgehead atoms. The highest BCUT2D eigenvalue weighted by Crippen LogP contribution is 2.44. The minimum absolute atomic E-state index is 0.180. The van der Waals surface area contributed by atoms with Gasteiger partial charge in [0.25, 0.3) is 0 Å². The van der Waals surface area contributed by atoms with Gasteiger partial charge in [0.2, 0.25) is 6.29 Å². The molecular formula is C25H38O5Si. The average Bonchev–Trinajstić information content (AvgIpc) is 3.17. The molecule has 6 heteroatoms. The molecule has 1 heterocycles. The van der Waals surface area contributed by atoms with Crippen molar-refractivity contribution >= 4 is 8.32 Å². The lowest BCUT2D eigenvalue weighted by atomic mass is 9.84. The van der Waals surface area contributed by atoms with Crippen molar-refractivity contribution < 1.29 is 23.4 Å². The van der Waals surface area contributed by atoms with Crippen molar-refractivity contribution in [2.24, 2.45) is 11.8 Å². The Balaban J connectivity index is 1.59. The second-order valence-corrected chi connectivity index (χ2v) is 14.8. The van der Waals surface area contributed by atoms with E-state index in [4.69, 9.17) is 23.4 Å². The van der Waals surface area contributed by atoms with E-state index in [1.807, 2.05) is 30.5 Å². The van der Waals surface area contributed by atoms with Gasteiger partial charge in [-0.15, -0.1) is 0 Å². The second kappa shape index (κ2) is 9.90.